The van der Waals surface area contributed by atoms with E-state index in [4.69, 9.17) is 23.2 Å². The van der Waals surface area contributed by atoms with E-state index < -0.39 is 0 Å². The van der Waals surface area contributed by atoms with Crippen LogP contribution in [0.1, 0.15) is 79.0 Å². The summed E-state index contributed by atoms with van der Waals surface area (Å²) in [6, 6.07) is 28.6. The Hall–Kier alpha value is -2.78. The van der Waals surface area contributed by atoms with Gasteiger partial charge in [-0.15, -0.1) is 11.3 Å². The quantitative estimate of drug-likeness (QED) is 0.195. The van der Waals surface area contributed by atoms with E-state index in [9.17, 15) is 0 Å². The maximum atomic E-state index is 6.89. The number of hydrogen-bond donors (Lipinski definition) is 0. The highest BCUT2D eigenvalue weighted by Crippen LogP contribution is 2.47. The molecule has 4 aromatic carbocycles. The first kappa shape index (κ1) is 30.7. The summed E-state index contributed by atoms with van der Waals surface area (Å²) in [5.74, 6) is 0. The molecule has 1 aromatic heterocycles. The van der Waals surface area contributed by atoms with Crippen molar-refractivity contribution < 1.29 is 0 Å². The predicted octanol–water partition coefficient (Wildman–Crippen LogP) is 13.2. The van der Waals surface area contributed by atoms with E-state index in [2.05, 4.69) is 133 Å². The summed E-state index contributed by atoms with van der Waals surface area (Å²) in [4.78, 5) is 2.25. The molecule has 0 aliphatic rings. The van der Waals surface area contributed by atoms with Gasteiger partial charge < -0.3 is 4.90 Å². The summed E-state index contributed by atoms with van der Waals surface area (Å²) >= 11 is 15.2. The predicted molar refractivity (Wildman–Crippen MR) is 188 cm³/mol. The van der Waals surface area contributed by atoms with Gasteiger partial charge >= 0.3 is 0 Å². The van der Waals surface area contributed by atoms with Crippen molar-refractivity contribution in [2.24, 2.45) is 0 Å². The number of halogens is 2. The average Bonchev–Trinajstić information content (AvgIpc) is 3.33. The molecule has 5 aromatic rings. The maximum absolute atomic E-state index is 6.89. The van der Waals surface area contributed by atoms with Crippen molar-refractivity contribution >= 4 is 61.7 Å². The van der Waals surface area contributed by atoms with Crippen molar-refractivity contribution in [3.63, 3.8) is 0 Å². The molecule has 5 rings (SSSR count). The van der Waals surface area contributed by atoms with Crippen LogP contribution in [-0.4, -0.2) is 0 Å². The summed E-state index contributed by atoms with van der Waals surface area (Å²) in [6.45, 7) is 20.5. The van der Waals surface area contributed by atoms with Gasteiger partial charge in [0.05, 0.1) is 21.4 Å². The molecule has 0 spiro atoms. The van der Waals surface area contributed by atoms with Crippen LogP contribution in [0.5, 0.6) is 0 Å². The Morgan fingerprint density at radius 3 is 1.74 bits per heavy atom. The lowest BCUT2D eigenvalue weighted by molar-refractivity contribution is 0.569. The lowest BCUT2D eigenvalue weighted by Crippen LogP contribution is -2.16. The van der Waals surface area contributed by atoms with Gasteiger partial charge in [0.15, 0.2) is 0 Å². The summed E-state index contributed by atoms with van der Waals surface area (Å²) in [7, 11) is 0. The molecule has 42 heavy (non-hydrogen) atoms. The first-order valence-electron chi connectivity index (χ1n) is 14.6. The second kappa shape index (κ2) is 11.1. The third-order valence-electron chi connectivity index (χ3n) is 7.96. The molecule has 0 atom stereocenters. The monoisotopic (exact) mass is 613 g/mol. The Labute approximate surface area is 266 Å². The van der Waals surface area contributed by atoms with Crippen LogP contribution in [0.15, 0.2) is 84.2 Å². The molecular formula is C38H41Cl2NS. The summed E-state index contributed by atoms with van der Waals surface area (Å²) < 4.78 is 1.24. The van der Waals surface area contributed by atoms with Crippen LogP contribution in [0.3, 0.4) is 0 Å². The van der Waals surface area contributed by atoms with Crippen molar-refractivity contribution in [3.8, 4) is 11.1 Å². The van der Waals surface area contributed by atoms with Crippen LogP contribution >= 0.6 is 34.5 Å². The van der Waals surface area contributed by atoms with E-state index in [0.717, 1.165) is 17.1 Å². The Morgan fingerprint density at radius 1 is 0.571 bits per heavy atom. The highest BCUT2D eigenvalue weighted by molar-refractivity contribution is 7.17. The van der Waals surface area contributed by atoms with Gasteiger partial charge in [-0.25, -0.2) is 0 Å². The topological polar surface area (TPSA) is 3.24 Å². The van der Waals surface area contributed by atoms with Gasteiger partial charge in [0.1, 0.15) is 0 Å². The van der Waals surface area contributed by atoms with Gasteiger partial charge in [-0.05, 0) is 80.5 Å². The van der Waals surface area contributed by atoms with Gasteiger partial charge in [-0.3, -0.25) is 0 Å². The van der Waals surface area contributed by atoms with E-state index in [1.165, 1.54) is 37.9 Å². The van der Waals surface area contributed by atoms with Crippen molar-refractivity contribution in [1.29, 1.82) is 0 Å². The van der Waals surface area contributed by atoms with Crippen LogP contribution in [0.2, 0.25) is 10.0 Å². The van der Waals surface area contributed by atoms with Crippen LogP contribution in [-0.2, 0) is 16.2 Å². The molecule has 0 N–H and O–H groups in total. The number of thiophene rings is 1. The molecule has 0 radical (unpaired) electrons. The second-order valence-corrected chi connectivity index (χ2v) is 16.0. The van der Waals surface area contributed by atoms with Crippen molar-refractivity contribution in [3.05, 3.63) is 111 Å². The Bertz CT molecular complexity index is 1710. The second-order valence-electron chi connectivity index (χ2n) is 14.3. The number of anilines is 3. The van der Waals surface area contributed by atoms with E-state index in [0.29, 0.717) is 10.0 Å². The lowest BCUT2D eigenvalue weighted by Gasteiger charge is -2.28. The molecule has 0 fully saturated rings. The minimum atomic E-state index is 0.0427. The highest BCUT2D eigenvalue weighted by atomic mass is 35.5. The molecule has 0 saturated heterocycles. The molecule has 0 aliphatic carbocycles. The molecule has 4 heteroatoms. The molecule has 0 amide bonds. The molecular weight excluding hydrogens is 573 g/mol. The number of rotatable bonds is 4. The normalized spacial score (nSPS) is 12.6. The number of benzene rings is 4. The first-order chi connectivity index (χ1) is 19.5. The third-order valence-corrected chi connectivity index (χ3v) is 9.72. The van der Waals surface area contributed by atoms with Gasteiger partial charge in [0.25, 0.3) is 0 Å². The Morgan fingerprint density at radius 2 is 1.17 bits per heavy atom. The standard InChI is InChI=1S/C38H41Cl2NS/c1-36(2,3)26-15-18-34-30(22-26)33(23-42-34)41(32-12-10-11-31(39)35(32)40)29-16-13-24(14-17-29)25-19-27(37(4,5)6)21-28(20-25)38(7,8)9/h10-23H,1-9H3. The zero-order valence-corrected chi connectivity index (χ0v) is 28.5. The average molecular weight is 615 g/mol. The lowest BCUT2D eigenvalue weighted by atomic mass is 9.79. The fourth-order valence-electron chi connectivity index (χ4n) is 5.19. The fraction of sp³-hybridized carbons (Fsp3) is 0.316. The number of nitrogens with zero attached hydrogens (tertiary/aromatic N) is 1. The van der Waals surface area contributed by atoms with Gasteiger partial charge in [0.2, 0.25) is 0 Å². The number of fused-ring (bicyclic) bond motifs is 1. The van der Waals surface area contributed by atoms with Crippen LogP contribution in [0.4, 0.5) is 17.1 Å². The molecule has 0 bridgehead atoms. The summed E-state index contributed by atoms with van der Waals surface area (Å²) in [5.41, 5.74) is 9.58. The van der Waals surface area contributed by atoms with Gasteiger partial charge in [-0.2, -0.15) is 0 Å². The van der Waals surface area contributed by atoms with Gasteiger partial charge in [-0.1, -0.05) is 128 Å². The van der Waals surface area contributed by atoms with Crippen molar-refractivity contribution in [2.45, 2.75) is 78.6 Å². The smallest absolute Gasteiger partial charge is 0.0832 e. The minimum absolute atomic E-state index is 0.0427. The molecule has 0 unspecified atom stereocenters. The highest BCUT2D eigenvalue weighted by Gasteiger charge is 2.24. The molecule has 218 valence electrons. The van der Waals surface area contributed by atoms with E-state index in [-0.39, 0.29) is 16.2 Å². The summed E-state index contributed by atoms with van der Waals surface area (Å²) in [6.07, 6.45) is 0. The first-order valence-corrected chi connectivity index (χ1v) is 16.2. The van der Waals surface area contributed by atoms with Crippen LogP contribution in [0, 0.1) is 0 Å². The maximum Gasteiger partial charge on any atom is 0.0832 e. The Balaban J connectivity index is 1.67. The third kappa shape index (κ3) is 6.13. The van der Waals surface area contributed by atoms with Gasteiger partial charge in [0, 0.05) is 21.2 Å². The molecule has 1 nitrogen and oxygen atoms in total. The van der Waals surface area contributed by atoms with E-state index in [1.54, 1.807) is 11.3 Å². The van der Waals surface area contributed by atoms with Crippen LogP contribution < -0.4 is 4.90 Å². The zero-order valence-electron chi connectivity index (χ0n) is 26.2. The van der Waals surface area contributed by atoms with Crippen LogP contribution in [0.25, 0.3) is 21.2 Å². The number of hydrogen-bond acceptors (Lipinski definition) is 2. The van der Waals surface area contributed by atoms with E-state index in [1.807, 2.05) is 18.2 Å². The Kier molecular flexibility index (Phi) is 8.07. The largest absolute Gasteiger partial charge is 0.307 e. The van der Waals surface area contributed by atoms with Crippen molar-refractivity contribution in [2.75, 3.05) is 4.90 Å². The van der Waals surface area contributed by atoms with E-state index >= 15 is 0 Å². The van der Waals surface area contributed by atoms with Crippen molar-refractivity contribution in [1.82, 2.24) is 0 Å². The zero-order chi connectivity index (χ0) is 30.6. The summed E-state index contributed by atoms with van der Waals surface area (Å²) in [5, 5.41) is 4.52. The molecule has 0 saturated carbocycles. The fourth-order valence-corrected chi connectivity index (χ4v) is 6.48. The SMILES string of the molecule is CC(C)(C)c1cc(-c2ccc(N(c3cccc(Cl)c3Cl)c3csc4ccc(C(C)(C)C)cc34)cc2)cc(C(C)(C)C)c1. The minimum Gasteiger partial charge on any atom is -0.307 e. The molecule has 1 heterocycles. The molecule has 0 aliphatic heterocycles.